The van der Waals surface area contributed by atoms with Gasteiger partial charge in [-0.05, 0) is 20.0 Å². The Balaban J connectivity index is 2.52. The van der Waals surface area contributed by atoms with Gasteiger partial charge in [-0.25, -0.2) is 0 Å². The smallest absolute Gasteiger partial charge is 0.238 e. The minimum atomic E-state index is -0.412. The molecule has 5 nitrogen and oxygen atoms in total. The topological polar surface area (TPSA) is 65.2 Å². The number of carbonyl (C=O) groups is 1. The third-order valence-corrected chi connectivity index (χ3v) is 4.12. The summed E-state index contributed by atoms with van der Waals surface area (Å²) in [7, 11) is 3.57. The van der Waals surface area contributed by atoms with E-state index < -0.39 is 5.54 Å². The summed E-state index contributed by atoms with van der Waals surface area (Å²) >= 11 is 8.45. The summed E-state index contributed by atoms with van der Waals surface area (Å²) in [4.78, 5) is 12.0. The molecule has 0 heterocycles. The third kappa shape index (κ3) is 4.10. The molecule has 0 fully saturated rings. The highest BCUT2D eigenvalue weighted by molar-refractivity contribution is 7.80. The molecule has 0 aromatic carbocycles. The van der Waals surface area contributed by atoms with E-state index in [2.05, 4.69) is 53.1 Å². The van der Waals surface area contributed by atoms with Gasteiger partial charge in [-0.3, -0.25) is 4.79 Å². The molecule has 1 amide bonds. The predicted molar refractivity (Wildman–Crippen MR) is 90.3 cm³/mol. The molecule has 0 aliphatic heterocycles. The van der Waals surface area contributed by atoms with Gasteiger partial charge in [-0.15, -0.1) is 0 Å². The number of likely N-dealkylation sites (N-methyl/N-ethyl adjacent to an activating group) is 2. The van der Waals surface area contributed by atoms with Crippen LogP contribution >= 0.6 is 25.3 Å². The van der Waals surface area contributed by atoms with Crippen LogP contribution in [0.25, 0.3) is 0 Å². The molecular formula is C13H24N4OS2. The molecule has 0 aromatic rings. The number of amides is 1. The Morgan fingerprint density at radius 1 is 1.35 bits per heavy atom. The van der Waals surface area contributed by atoms with Crippen molar-refractivity contribution >= 4 is 31.2 Å². The van der Waals surface area contributed by atoms with Gasteiger partial charge in [0.15, 0.2) is 0 Å². The van der Waals surface area contributed by atoms with Gasteiger partial charge in [0.25, 0.3) is 0 Å². The second-order valence-corrected chi connectivity index (χ2v) is 5.66. The summed E-state index contributed by atoms with van der Waals surface area (Å²) < 4.78 is 0. The average molecular weight is 316 g/mol. The molecule has 1 aliphatic carbocycles. The van der Waals surface area contributed by atoms with E-state index >= 15 is 0 Å². The minimum absolute atomic E-state index is 0.0262. The van der Waals surface area contributed by atoms with Crippen molar-refractivity contribution < 1.29 is 4.79 Å². The highest BCUT2D eigenvalue weighted by Crippen LogP contribution is 2.32. The first-order chi connectivity index (χ1) is 9.41. The van der Waals surface area contributed by atoms with Crippen LogP contribution in [0.5, 0.6) is 0 Å². The van der Waals surface area contributed by atoms with Gasteiger partial charge in [0.2, 0.25) is 5.91 Å². The molecule has 1 rings (SSSR count). The Labute approximate surface area is 131 Å². The first-order valence-electron chi connectivity index (χ1n) is 6.49. The van der Waals surface area contributed by atoms with Gasteiger partial charge in [-0.2, -0.15) is 25.3 Å². The molecule has 20 heavy (non-hydrogen) atoms. The fourth-order valence-corrected chi connectivity index (χ4v) is 2.46. The number of thiol groups is 2. The lowest BCUT2D eigenvalue weighted by Crippen LogP contribution is -2.50. The fourth-order valence-electron chi connectivity index (χ4n) is 1.80. The van der Waals surface area contributed by atoms with E-state index in [1.54, 1.807) is 7.05 Å². The second kappa shape index (κ2) is 7.28. The van der Waals surface area contributed by atoms with Gasteiger partial charge in [0.05, 0.1) is 17.6 Å². The molecule has 0 saturated carbocycles. The summed E-state index contributed by atoms with van der Waals surface area (Å²) in [5.41, 5.74) is 1.44. The van der Waals surface area contributed by atoms with Crippen molar-refractivity contribution in [1.82, 2.24) is 21.3 Å². The Bertz CT molecular complexity index is 409. The van der Waals surface area contributed by atoms with E-state index in [9.17, 15) is 4.79 Å². The van der Waals surface area contributed by atoms with Crippen LogP contribution in [0, 0.1) is 0 Å². The van der Waals surface area contributed by atoms with Gasteiger partial charge >= 0.3 is 0 Å². The van der Waals surface area contributed by atoms with E-state index in [0.717, 1.165) is 11.4 Å². The first kappa shape index (κ1) is 17.3. The van der Waals surface area contributed by atoms with E-state index in [1.807, 2.05) is 20.0 Å². The van der Waals surface area contributed by atoms with Crippen LogP contribution in [0.2, 0.25) is 0 Å². The Morgan fingerprint density at radius 2 is 1.95 bits per heavy atom. The zero-order valence-electron chi connectivity index (χ0n) is 12.2. The number of rotatable bonds is 9. The SMILES string of the molecule is C=C(NC)[C@H](CS)NC1=C[C@@]1(C)NC(=O)[C@H](CS)NC. The van der Waals surface area contributed by atoms with Crippen LogP contribution in [0.15, 0.2) is 24.0 Å². The Hall–Kier alpha value is -0.790. The molecule has 114 valence electrons. The maximum absolute atomic E-state index is 12.0. The van der Waals surface area contributed by atoms with Crippen LogP contribution in [0.1, 0.15) is 6.92 Å². The molecule has 0 spiro atoms. The molecule has 3 atom stereocenters. The number of carbonyl (C=O) groups excluding carboxylic acids is 1. The predicted octanol–water partition coefficient (Wildman–Crippen LogP) is -0.102. The van der Waals surface area contributed by atoms with Crippen molar-refractivity contribution in [1.29, 1.82) is 0 Å². The zero-order valence-corrected chi connectivity index (χ0v) is 13.9. The minimum Gasteiger partial charge on any atom is -0.390 e. The van der Waals surface area contributed by atoms with Gasteiger partial charge in [0, 0.05) is 29.9 Å². The highest BCUT2D eigenvalue weighted by atomic mass is 32.1. The van der Waals surface area contributed by atoms with Crippen molar-refractivity contribution in [2.24, 2.45) is 0 Å². The normalized spacial score (nSPS) is 23.4. The van der Waals surface area contributed by atoms with Crippen molar-refractivity contribution in [3.63, 3.8) is 0 Å². The van der Waals surface area contributed by atoms with E-state index in [0.29, 0.717) is 11.5 Å². The maximum Gasteiger partial charge on any atom is 0.238 e. The zero-order chi connectivity index (χ0) is 15.3. The van der Waals surface area contributed by atoms with Crippen LogP contribution < -0.4 is 21.3 Å². The lowest BCUT2D eigenvalue weighted by atomic mass is 10.2. The monoisotopic (exact) mass is 316 g/mol. The van der Waals surface area contributed by atoms with Crippen molar-refractivity contribution in [3.8, 4) is 0 Å². The average Bonchev–Trinajstić information content (AvgIpc) is 3.06. The quantitative estimate of drug-likeness (QED) is 0.336. The summed E-state index contributed by atoms with van der Waals surface area (Å²) in [6.07, 6.45) is 1.98. The molecule has 4 N–H and O–H groups in total. The largest absolute Gasteiger partial charge is 0.390 e. The van der Waals surface area contributed by atoms with Gasteiger partial charge < -0.3 is 21.3 Å². The first-order valence-corrected chi connectivity index (χ1v) is 7.75. The molecule has 0 unspecified atom stereocenters. The second-order valence-electron chi connectivity index (χ2n) is 4.93. The third-order valence-electron chi connectivity index (χ3n) is 3.39. The van der Waals surface area contributed by atoms with E-state index in [-0.39, 0.29) is 18.0 Å². The summed E-state index contributed by atoms with van der Waals surface area (Å²) in [5.74, 6) is 1.02. The highest BCUT2D eigenvalue weighted by Gasteiger charge is 2.42. The maximum atomic E-state index is 12.0. The Morgan fingerprint density at radius 3 is 2.40 bits per heavy atom. The van der Waals surface area contributed by atoms with Crippen LogP contribution in [0.3, 0.4) is 0 Å². The van der Waals surface area contributed by atoms with Crippen molar-refractivity contribution in [2.45, 2.75) is 24.5 Å². The number of nitrogens with one attached hydrogen (secondary N) is 4. The molecule has 0 radical (unpaired) electrons. The molecule has 0 saturated heterocycles. The van der Waals surface area contributed by atoms with Crippen LogP contribution in [0.4, 0.5) is 0 Å². The van der Waals surface area contributed by atoms with Crippen molar-refractivity contribution in [2.75, 3.05) is 25.6 Å². The molecular weight excluding hydrogens is 292 g/mol. The fraction of sp³-hybridized carbons (Fsp3) is 0.615. The molecule has 0 bridgehead atoms. The van der Waals surface area contributed by atoms with Gasteiger partial charge in [-0.1, -0.05) is 6.58 Å². The Kier molecular flexibility index (Phi) is 6.29. The van der Waals surface area contributed by atoms with Crippen LogP contribution in [-0.4, -0.2) is 49.1 Å². The van der Waals surface area contributed by atoms with E-state index in [4.69, 9.17) is 0 Å². The summed E-state index contributed by atoms with van der Waals surface area (Å²) in [6.45, 7) is 5.89. The van der Waals surface area contributed by atoms with Crippen molar-refractivity contribution in [3.05, 3.63) is 24.0 Å². The molecule has 0 aromatic heterocycles. The van der Waals surface area contributed by atoms with E-state index in [1.165, 1.54) is 0 Å². The lowest BCUT2D eigenvalue weighted by Gasteiger charge is -2.23. The molecule has 7 heteroatoms. The summed E-state index contributed by atoms with van der Waals surface area (Å²) in [6, 6.07) is -0.267. The lowest BCUT2D eigenvalue weighted by molar-refractivity contribution is -0.123. The summed E-state index contributed by atoms with van der Waals surface area (Å²) in [5, 5.41) is 12.3. The number of hydrogen-bond acceptors (Lipinski definition) is 6. The standard InChI is InChI=1S/C13H24N4OS2/c1-8(14-3)9(6-19)16-11-5-13(11,2)17-12(18)10(7-20)15-4/h5,9-10,14-16,19-20H,1,6-7H2,2-4H3,(H,17,18)/t9-,10-,13+/m0/s1. The van der Waals surface area contributed by atoms with Gasteiger partial charge in [0.1, 0.15) is 0 Å². The molecule has 1 aliphatic rings. The van der Waals surface area contributed by atoms with Crippen LogP contribution in [-0.2, 0) is 4.79 Å². The number of hydrogen-bond donors (Lipinski definition) is 6.